The van der Waals surface area contributed by atoms with Crippen LogP contribution in [0.2, 0.25) is 0 Å². The fraction of sp³-hybridized carbons (Fsp3) is 0.231. The second-order valence-corrected chi connectivity index (χ2v) is 4.76. The summed E-state index contributed by atoms with van der Waals surface area (Å²) in [6.07, 6.45) is 3.94. The van der Waals surface area contributed by atoms with Crippen LogP contribution >= 0.6 is 11.3 Å². The van der Waals surface area contributed by atoms with Gasteiger partial charge in [-0.1, -0.05) is 24.3 Å². The maximum Gasteiger partial charge on any atom is 0.350 e. The van der Waals surface area contributed by atoms with Crippen molar-refractivity contribution in [1.29, 1.82) is 0 Å². The van der Waals surface area contributed by atoms with Crippen molar-refractivity contribution >= 4 is 28.7 Å². The summed E-state index contributed by atoms with van der Waals surface area (Å²) in [5.41, 5.74) is 4.24. The second kappa shape index (κ2) is 6.76. The molecule has 0 saturated heterocycles. The highest BCUT2D eigenvalue weighted by molar-refractivity contribution is 7.17. The van der Waals surface area contributed by atoms with Crippen LogP contribution in [0.4, 0.5) is 5.13 Å². The molecule has 2 heterocycles. The zero-order valence-electron chi connectivity index (χ0n) is 11.2. The molecule has 0 saturated carbocycles. The van der Waals surface area contributed by atoms with Crippen molar-refractivity contribution in [2.45, 2.75) is 13.3 Å². The van der Waals surface area contributed by atoms with E-state index in [1.807, 2.05) is 25.1 Å². The summed E-state index contributed by atoms with van der Waals surface area (Å²) < 4.78 is 4.72. The van der Waals surface area contributed by atoms with Gasteiger partial charge in [-0.15, -0.1) is 0 Å². The van der Waals surface area contributed by atoms with E-state index in [0.29, 0.717) is 22.1 Å². The number of methoxy groups -OCH3 is 1. The number of thiazole rings is 1. The van der Waals surface area contributed by atoms with Gasteiger partial charge in [0.2, 0.25) is 5.13 Å². The molecule has 7 heteroatoms. The van der Waals surface area contributed by atoms with Gasteiger partial charge in [-0.25, -0.2) is 9.78 Å². The molecule has 0 aliphatic rings. The monoisotopic (exact) mass is 290 g/mol. The average Bonchev–Trinajstić information content (AvgIpc) is 2.91. The molecule has 0 unspecified atom stereocenters. The zero-order valence-corrected chi connectivity index (χ0v) is 12.0. The molecular weight excluding hydrogens is 276 g/mol. The van der Waals surface area contributed by atoms with Gasteiger partial charge in [0.05, 0.1) is 24.7 Å². The average molecular weight is 290 g/mol. The maximum atomic E-state index is 11.6. The zero-order chi connectivity index (χ0) is 14.4. The number of carbonyl (C=O) groups is 1. The third-order valence-corrected chi connectivity index (χ3v) is 3.43. The highest BCUT2D eigenvalue weighted by Gasteiger charge is 2.17. The summed E-state index contributed by atoms with van der Waals surface area (Å²) in [7, 11) is 1.35. The number of hydrogen-bond donors (Lipinski definition) is 1. The van der Waals surface area contributed by atoms with Gasteiger partial charge in [0, 0.05) is 6.20 Å². The third kappa shape index (κ3) is 3.39. The number of hydrogen-bond acceptors (Lipinski definition) is 7. The lowest BCUT2D eigenvalue weighted by Crippen LogP contribution is -2.01. The van der Waals surface area contributed by atoms with Crippen LogP contribution in [-0.2, 0) is 11.2 Å². The minimum Gasteiger partial charge on any atom is -0.465 e. The van der Waals surface area contributed by atoms with Crippen LogP contribution in [0.3, 0.4) is 0 Å². The highest BCUT2D eigenvalue weighted by Crippen LogP contribution is 2.24. The van der Waals surface area contributed by atoms with Crippen molar-refractivity contribution in [1.82, 2.24) is 9.97 Å². The molecule has 0 fully saturated rings. The predicted octanol–water partition coefficient (Wildman–Crippen LogP) is 2.33. The minimum atomic E-state index is -0.374. The molecule has 6 nitrogen and oxygen atoms in total. The van der Waals surface area contributed by atoms with Crippen molar-refractivity contribution in [3.05, 3.63) is 40.7 Å². The Morgan fingerprint density at radius 3 is 3.05 bits per heavy atom. The van der Waals surface area contributed by atoms with E-state index < -0.39 is 0 Å². The number of ether oxygens (including phenoxy) is 1. The van der Waals surface area contributed by atoms with E-state index in [2.05, 4.69) is 20.5 Å². The largest absolute Gasteiger partial charge is 0.465 e. The summed E-state index contributed by atoms with van der Waals surface area (Å²) in [4.78, 5) is 20.5. The van der Waals surface area contributed by atoms with Crippen molar-refractivity contribution < 1.29 is 9.53 Å². The fourth-order valence-corrected chi connectivity index (χ4v) is 2.42. The topological polar surface area (TPSA) is 76.5 Å². The normalized spacial score (nSPS) is 10.7. The van der Waals surface area contributed by atoms with Crippen LogP contribution in [-0.4, -0.2) is 29.3 Å². The Bertz CT molecular complexity index is 610. The predicted molar refractivity (Wildman–Crippen MR) is 78.3 cm³/mol. The smallest absolute Gasteiger partial charge is 0.350 e. The Hall–Kier alpha value is -2.28. The first-order valence-corrected chi connectivity index (χ1v) is 6.84. The number of aryl methyl sites for hydroxylation is 1. The molecule has 0 bridgehead atoms. The molecule has 2 aromatic rings. The number of rotatable bonds is 5. The Labute approximate surface area is 120 Å². The maximum absolute atomic E-state index is 11.6. The molecule has 0 radical (unpaired) electrons. The van der Waals surface area contributed by atoms with Crippen molar-refractivity contribution in [3.63, 3.8) is 0 Å². The number of aromatic nitrogens is 2. The molecule has 2 aromatic heterocycles. The van der Waals surface area contributed by atoms with Gasteiger partial charge in [-0.2, -0.15) is 5.10 Å². The number of esters is 1. The SMILES string of the molecule is CCc1nc(N/N=C\c2ccccn2)sc1C(=O)OC. The first-order chi connectivity index (χ1) is 9.74. The van der Waals surface area contributed by atoms with E-state index >= 15 is 0 Å². The van der Waals surface area contributed by atoms with Gasteiger partial charge in [0.25, 0.3) is 0 Å². The summed E-state index contributed by atoms with van der Waals surface area (Å²) in [5.74, 6) is -0.374. The lowest BCUT2D eigenvalue weighted by molar-refractivity contribution is 0.0605. The molecule has 1 N–H and O–H groups in total. The Morgan fingerprint density at radius 1 is 1.55 bits per heavy atom. The third-order valence-electron chi connectivity index (χ3n) is 2.45. The Balaban J connectivity index is 2.09. The van der Waals surface area contributed by atoms with Crippen LogP contribution < -0.4 is 5.43 Å². The quantitative estimate of drug-likeness (QED) is 0.519. The van der Waals surface area contributed by atoms with Crippen LogP contribution in [0.5, 0.6) is 0 Å². The molecule has 0 aliphatic heterocycles. The molecule has 20 heavy (non-hydrogen) atoms. The molecule has 0 spiro atoms. The Kier molecular flexibility index (Phi) is 4.78. The number of carbonyl (C=O) groups excluding carboxylic acids is 1. The molecule has 0 atom stereocenters. The first-order valence-electron chi connectivity index (χ1n) is 6.02. The number of pyridine rings is 1. The highest BCUT2D eigenvalue weighted by atomic mass is 32.1. The lowest BCUT2D eigenvalue weighted by atomic mass is 10.3. The van der Waals surface area contributed by atoms with Crippen molar-refractivity contribution in [3.8, 4) is 0 Å². The van der Waals surface area contributed by atoms with E-state index in [0.717, 1.165) is 5.69 Å². The molecule has 104 valence electrons. The molecule has 0 aromatic carbocycles. The van der Waals surface area contributed by atoms with Gasteiger partial charge in [0.1, 0.15) is 4.88 Å². The summed E-state index contributed by atoms with van der Waals surface area (Å²) in [5, 5.41) is 4.59. The van der Waals surface area contributed by atoms with Crippen LogP contribution in [0.15, 0.2) is 29.5 Å². The minimum absolute atomic E-state index is 0.374. The van der Waals surface area contributed by atoms with Crippen molar-refractivity contribution in [2.75, 3.05) is 12.5 Å². The van der Waals surface area contributed by atoms with Gasteiger partial charge in [-0.05, 0) is 18.6 Å². The van der Waals surface area contributed by atoms with E-state index in [1.54, 1.807) is 12.4 Å². The number of anilines is 1. The molecule has 0 aliphatic carbocycles. The number of nitrogens with one attached hydrogen (secondary N) is 1. The van der Waals surface area contributed by atoms with E-state index in [-0.39, 0.29) is 5.97 Å². The van der Waals surface area contributed by atoms with E-state index in [9.17, 15) is 4.79 Å². The summed E-state index contributed by atoms with van der Waals surface area (Å²) >= 11 is 1.22. The molecule has 2 rings (SSSR count). The van der Waals surface area contributed by atoms with Gasteiger partial charge >= 0.3 is 5.97 Å². The lowest BCUT2D eigenvalue weighted by Gasteiger charge is -1.95. The number of nitrogens with zero attached hydrogens (tertiary/aromatic N) is 3. The number of hydrazone groups is 1. The van der Waals surface area contributed by atoms with Crippen molar-refractivity contribution in [2.24, 2.45) is 5.10 Å². The van der Waals surface area contributed by atoms with Gasteiger partial charge in [0.15, 0.2) is 0 Å². The molecule has 0 amide bonds. The fourth-order valence-electron chi connectivity index (χ4n) is 1.50. The van der Waals surface area contributed by atoms with Crippen LogP contribution in [0.25, 0.3) is 0 Å². The first kappa shape index (κ1) is 14.1. The summed E-state index contributed by atoms with van der Waals surface area (Å²) in [6, 6.07) is 5.55. The van der Waals surface area contributed by atoms with Gasteiger partial charge < -0.3 is 4.74 Å². The molecular formula is C13H14N4O2S. The van der Waals surface area contributed by atoms with E-state index in [1.165, 1.54) is 18.4 Å². The van der Waals surface area contributed by atoms with Gasteiger partial charge in [-0.3, -0.25) is 10.4 Å². The standard InChI is InChI=1S/C13H14N4O2S/c1-3-10-11(12(18)19-2)20-13(16-10)17-15-8-9-6-4-5-7-14-9/h4-8H,3H2,1-2H3,(H,16,17)/b15-8-. The summed E-state index contributed by atoms with van der Waals surface area (Å²) in [6.45, 7) is 1.93. The van der Waals surface area contributed by atoms with Crippen LogP contribution in [0.1, 0.15) is 28.0 Å². The van der Waals surface area contributed by atoms with E-state index in [4.69, 9.17) is 4.74 Å². The van der Waals surface area contributed by atoms with Crippen LogP contribution in [0, 0.1) is 0 Å². The Morgan fingerprint density at radius 2 is 2.40 bits per heavy atom. The second-order valence-electron chi connectivity index (χ2n) is 3.76.